The van der Waals surface area contributed by atoms with Crippen LogP contribution in [0.2, 0.25) is 5.15 Å². The predicted molar refractivity (Wildman–Crippen MR) is 83.3 cm³/mol. The highest BCUT2D eigenvalue weighted by molar-refractivity contribution is 6.30. The van der Waals surface area contributed by atoms with Gasteiger partial charge in [0.05, 0.1) is 5.69 Å². The minimum Gasteiger partial charge on any atom is -0.273 e. The Morgan fingerprint density at radius 3 is 2.77 bits per heavy atom. The van der Waals surface area contributed by atoms with Crippen LogP contribution < -0.4 is 0 Å². The van der Waals surface area contributed by atoms with Gasteiger partial charge in [-0.05, 0) is 12.0 Å². The summed E-state index contributed by atoms with van der Waals surface area (Å²) >= 11 is 6.14. The Hall–Kier alpha value is -2.52. The number of fused-ring (bicyclic) bond motifs is 1. The Kier molecular flexibility index (Phi) is 3.51. The fraction of sp³-hybridized carbons (Fsp3) is 0.267. The minimum absolute atomic E-state index is 0.0731. The average Bonchev–Trinajstić information content (AvgIpc) is 2.85. The van der Waals surface area contributed by atoms with Crippen molar-refractivity contribution >= 4 is 22.6 Å². The monoisotopic (exact) mass is 312 g/mol. The van der Waals surface area contributed by atoms with E-state index in [-0.39, 0.29) is 11.1 Å². The Bertz CT molecular complexity index is 906. The highest BCUT2D eigenvalue weighted by Gasteiger charge is 2.17. The summed E-state index contributed by atoms with van der Waals surface area (Å²) in [6.07, 6.45) is 3.54. The van der Waals surface area contributed by atoms with E-state index < -0.39 is 0 Å². The summed E-state index contributed by atoms with van der Waals surface area (Å²) < 4.78 is 1.70. The third kappa shape index (κ3) is 2.40. The molecule has 0 aliphatic heterocycles. The van der Waals surface area contributed by atoms with E-state index in [9.17, 15) is 5.26 Å². The molecule has 0 fully saturated rings. The summed E-state index contributed by atoms with van der Waals surface area (Å²) in [5.41, 5.74) is 2.38. The fourth-order valence-electron chi connectivity index (χ4n) is 2.25. The van der Waals surface area contributed by atoms with Gasteiger partial charge < -0.3 is 0 Å². The number of hydrogen-bond donors (Lipinski definition) is 0. The maximum Gasteiger partial charge on any atom is 0.181 e. The van der Waals surface area contributed by atoms with Gasteiger partial charge >= 0.3 is 0 Å². The lowest BCUT2D eigenvalue weighted by Gasteiger charge is -2.10. The molecule has 7 heteroatoms. The molecule has 110 valence electrons. The molecule has 0 amide bonds. The van der Waals surface area contributed by atoms with Crippen LogP contribution >= 0.6 is 11.6 Å². The van der Waals surface area contributed by atoms with Gasteiger partial charge in [0.25, 0.3) is 0 Å². The molecule has 0 N–H and O–H groups in total. The molecule has 0 aliphatic rings. The van der Waals surface area contributed by atoms with Crippen LogP contribution in [0.5, 0.6) is 0 Å². The smallest absolute Gasteiger partial charge is 0.181 e. The molecule has 3 rings (SSSR count). The van der Waals surface area contributed by atoms with E-state index >= 15 is 0 Å². The first-order valence-corrected chi connectivity index (χ1v) is 7.14. The van der Waals surface area contributed by atoms with E-state index in [4.69, 9.17) is 11.6 Å². The third-order valence-corrected chi connectivity index (χ3v) is 3.56. The van der Waals surface area contributed by atoms with Crippen molar-refractivity contribution < 1.29 is 0 Å². The lowest BCUT2D eigenvalue weighted by molar-refractivity contribution is 0.776. The molecule has 6 nitrogen and oxygen atoms in total. The van der Waals surface area contributed by atoms with Gasteiger partial charge in [0.1, 0.15) is 11.6 Å². The molecule has 0 aliphatic carbocycles. The fourth-order valence-corrected chi connectivity index (χ4v) is 2.47. The number of rotatable bonds is 2. The molecule has 3 heterocycles. The van der Waals surface area contributed by atoms with Crippen molar-refractivity contribution in [3.8, 4) is 17.5 Å². The zero-order chi connectivity index (χ0) is 15.9. The third-order valence-electron chi connectivity index (χ3n) is 3.28. The van der Waals surface area contributed by atoms with Gasteiger partial charge in [-0.3, -0.25) is 4.68 Å². The Morgan fingerprint density at radius 1 is 1.32 bits per heavy atom. The van der Waals surface area contributed by atoms with E-state index in [1.165, 1.54) is 0 Å². The lowest BCUT2D eigenvalue weighted by atomic mass is 10.1. The highest BCUT2D eigenvalue weighted by Crippen LogP contribution is 2.27. The summed E-state index contributed by atoms with van der Waals surface area (Å²) in [6, 6.07) is 3.98. The van der Waals surface area contributed by atoms with Crippen molar-refractivity contribution in [1.29, 1.82) is 5.26 Å². The van der Waals surface area contributed by atoms with Crippen molar-refractivity contribution in [3.05, 3.63) is 34.9 Å². The second-order valence-corrected chi connectivity index (χ2v) is 5.66. The minimum atomic E-state index is 0.0731. The number of pyridine rings is 1. The summed E-state index contributed by atoms with van der Waals surface area (Å²) in [5.74, 6) is 0.537. The lowest BCUT2D eigenvalue weighted by Crippen LogP contribution is -2.03. The maximum atomic E-state index is 9.22. The molecule has 0 aromatic carbocycles. The van der Waals surface area contributed by atoms with Crippen LogP contribution in [-0.2, 0) is 7.05 Å². The van der Waals surface area contributed by atoms with Crippen LogP contribution in [-0.4, -0.2) is 24.7 Å². The van der Waals surface area contributed by atoms with Crippen molar-refractivity contribution in [2.45, 2.75) is 19.8 Å². The zero-order valence-electron chi connectivity index (χ0n) is 12.4. The number of aryl methyl sites for hydroxylation is 1. The predicted octanol–water partition coefficient (Wildman–Crippen LogP) is 3.07. The zero-order valence-corrected chi connectivity index (χ0v) is 13.1. The van der Waals surface area contributed by atoms with Crippen molar-refractivity contribution in [1.82, 2.24) is 24.7 Å². The van der Waals surface area contributed by atoms with Crippen LogP contribution in [0.3, 0.4) is 0 Å². The molecule has 0 saturated heterocycles. The normalized spacial score (nSPS) is 11.1. The van der Waals surface area contributed by atoms with E-state index in [2.05, 4.69) is 26.1 Å². The number of halogens is 1. The molecule has 3 aromatic rings. The summed E-state index contributed by atoms with van der Waals surface area (Å²) in [6.45, 7) is 3.93. The van der Waals surface area contributed by atoms with Gasteiger partial charge in [0.15, 0.2) is 16.6 Å². The first-order valence-electron chi connectivity index (χ1n) is 6.77. The standard InChI is InChI=1S/C15H13ClN6/c1-8(2)12-11(5-17)13(16)20-15(19-12)9-4-10-7-22(3)21-14(10)18-6-9/h4,6-8H,1-3H3. The topological polar surface area (TPSA) is 80.3 Å². The summed E-state index contributed by atoms with van der Waals surface area (Å²) in [5, 5.41) is 14.5. The average molecular weight is 313 g/mol. The van der Waals surface area contributed by atoms with Gasteiger partial charge in [-0.1, -0.05) is 25.4 Å². The molecular formula is C15H13ClN6. The highest BCUT2D eigenvalue weighted by atomic mass is 35.5. The Morgan fingerprint density at radius 2 is 2.09 bits per heavy atom. The molecular weight excluding hydrogens is 300 g/mol. The SMILES string of the molecule is CC(C)c1nc(-c2cnc3nn(C)cc3c2)nc(Cl)c1C#N. The largest absolute Gasteiger partial charge is 0.273 e. The van der Waals surface area contributed by atoms with E-state index in [0.717, 1.165) is 10.9 Å². The van der Waals surface area contributed by atoms with Crippen LogP contribution in [0.1, 0.15) is 31.0 Å². The Labute approximate surface area is 132 Å². The molecule has 0 atom stereocenters. The van der Waals surface area contributed by atoms with Gasteiger partial charge in [0.2, 0.25) is 0 Å². The summed E-state index contributed by atoms with van der Waals surface area (Å²) in [4.78, 5) is 13.0. The molecule has 0 spiro atoms. The Balaban J connectivity index is 2.19. The number of nitriles is 1. The van der Waals surface area contributed by atoms with Crippen LogP contribution in [0.25, 0.3) is 22.4 Å². The van der Waals surface area contributed by atoms with E-state index in [1.807, 2.05) is 33.2 Å². The first-order chi connectivity index (χ1) is 10.5. The second kappa shape index (κ2) is 5.35. The first kappa shape index (κ1) is 14.4. The van der Waals surface area contributed by atoms with Crippen molar-refractivity contribution in [3.63, 3.8) is 0 Å². The number of aromatic nitrogens is 5. The van der Waals surface area contributed by atoms with Gasteiger partial charge in [-0.15, -0.1) is 0 Å². The molecule has 0 bridgehead atoms. The number of hydrogen-bond acceptors (Lipinski definition) is 5. The second-order valence-electron chi connectivity index (χ2n) is 5.30. The molecule has 0 saturated carbocycles. The van der Waals surface area contributed by atoms with E-state index in [0.29, 0.717) is 22.7 Å². The van der Waals surface area contributed by atoms with Crippen LogP contribution in [0.4, 0.5) is 0 Å². The van der Waals surface area contributed by atoms with Gasteiger partial charge in [0, 0.05) is 30.4 Å². The molecule has 22 heavy (non-hydrogen) atoms. The van der Waals surface area contributed by atoms with E-state index in [1.54, 1.807) is 10.9 Å². The van der Waals surface area contributed by atoms with Gasteiger partial charge in [-0.25, -0.2) is 15.0 Å². The van der Waals surface area contributed by atoms with Crippen molar-refractivity contribution in [2.24, 2.45) is 7.05 Å². The quantitative estimate of drug-likeness (QED) is 0.679. The van der Waals surface area contributed by atoms with Gasteiger partial charge in [-0.2, -0.15) is 10.4 Å². The maximum absolute atomic E-state index is 9.22. The molecule has 3 aromatic heterocycles. The van der Waals surface area contributed by atoms with Crippen molar-refractivity contribution in [2.75, 3.05) is 0 Å². The molecule has 0 radical (unpaired) electrons. The summed E-state index contributed by atoms with van der Waals surface area (Å²) in [7, 11) is 1.84. The molecule has 0 unspecified atom stereocenters. The van der Waals surface area contributed by atoms with Crippen LogP contribution in [0, 0.1) is 11.3 Å². The number of nitrogens with zero attached hydrogens (tertiary/aromatic N) is 6. The van der Waals surface area contributed by atoms with Crippen LogP contribution in [0.15, 0.2) is 18.5 Å².